The minimum absolute atomic E-state index is 0.0218. The first-order valence-corrected chi connectivity index (χ1v) is 13.4. The lowest BCUT2D eigenvalue weighted by Crippen LogP contribution is -2.44. The molecular formula is C26H44N4O6. The van der Waals surface area contributed by atoms with E-state index in [1.807, 2.05) is 0 Å². The number of hydrogen-bond donors (Lipinski definition) is 4. The topological polar surface area (TPSA) is 135 Å². The number of hydrogen-bond acceptors (Lipinski definition) is 6. The highest BCUT2D eigenvalue weighted by Gasteiger charge is 2.17. The maximum atomic E-state index is 12.0. The maximum Gasteiger partial charge on any atom is 0.331 e. The van der Waals surface area contributed by atoms with Gasteiger partial charge in [0.25, 0.3) is 0 Å². The molecule has 2 fully saturated rings. The van der Waals surface area contributed by atoms with Crippen LogP contribution >= 0.6 is 0 Å². The molecule has 36 heavy (non-hydrogen) atoms. The lowest BCUT2D eigenvalue weighted by Gasteiger charge is -2.22. The van der Waals surface area contributed by atoms with Crippen LogP contribution in [0.4, 0.5) is 9.59 Å². The largest absolute Gasteiger partial charge is 0.460 e. The van der Waals surface area contributed by atoms with Crippen LogP contribution in [0, 0.1) is 11.8 Å². The number of urea groups is 2. The van der Waals surface area contributed by atoms with E-state index in [1.165, 1.54) is 38.5 Å². The van der Waals surface area contributed by atoms with Gasteiger partial charge in [-0.25, -0.2) is 19.2 Å². The summed E-state index contributed by atoms with van der Waals surface area (Å²) < 4.78 is 10.1. The normalized spacial score (nSPS) is 18.6. The number of rotatable bonds is 12. The van der Waals surface area contributed by atoms with Crippen molar-refractivity contribution in [3.05, 3.63) is 12.2 Å². The second-order valence-electron chi connectivity index (χ2n) is 10.1. The first kappa shape index (κ1) is 29.5. The van der Waals surface area contributed by atoms with E-state index in [9.17, 15) is 19.2 Å². The Morgan fingerprint density at radius 1 is 0.667 bits per heavy atom. The Kier molecular flexibility index (Phi) is 13.8. The third-order valence-corrected chi connectivity index (χ3v) is 6.61. The summed E-state index contributed by atoms with van der Waals surface area (Å²) in [4.78, 5) is 47.7. The summed E-state index contributed by atoms with van der Waals surface area (Å²) >= 11 is 0. The molecule has 10 nitrogen and oxygen atoms in total. The molecule has 0 heterocycles. The quantitative estimate of drug-likeness (QED) is 0.236. The molecule has 0 bridgehead atoms. The lowest BCUT2D eigenvalue weighted by molar-refractivity contribution is -0.141. The van der Waals surface area contributed by atoms with Gasteiger partial charge in [-0.15, -0.1) is 0 Å². The van der Waals surface area contributed by atoms with Crippen LogP contribution in [-0.2, 0) is 19.1 Å². The van der Waals surface area contributed by atoms with Crippen LogP contribution in [0.25, 0.3) is 0 Å². The molecule has 2 aliphatic rings. The molecule has 0 aromatic rings. The van der Waals surface area contributed by atoms with Gasteiger partial charge in [-0.05, 0) is 51.4 Å². The maximum absolute atomic E-state index is 12.0. The van der Waals surface area contributed by atoms with Crippen LogP contribution in [0.1, 0.15) is 78.1 Å². The molecule has 0 unspecified atom stereocenters. The van der Waals surface area contributed by atoms with Crippen LogP contribution in [0.2, 0.25) is 0 Å². The zero-order valence-corrected chi connectivity index (χ0v) is 21.8. The van der Waals surface area contributed by atoms with Crippen molar-refractivity contribution in [1.82, 2.24) is 21.3 Å². The smallest absolute Gasteiger partial charge is 0.331 e. The highest BCUT2D eigenvalue weighted by Crippen LogP contribution is 2.23. The van der Waals surface area contributed by atoms with E-state index in [0.29, 0.717) is 24.9 Å². The minimum atomic E-state index is -0.712. The fraction of sp³-hybridized carbons (Fsp3) is 0.769. The van der Waals surface area contributed by atoms with Gasteiger partial charge in [0.1, 0.15) is 13.2 Å². The predicted octanol–water partition coefficient (Wildman–Crippen LogP) is 3.17. The van der Waals surface area contributed by atoms with E-state index in [2.05, 4.69) is 21.3 Å². The third kappa shape index (κ3) is 13.3. The van der Waals surface area contributed by atoms with E-state index in [1.54, 1.807) is 13.8 Å². The molecule has 2 aliphatic carbocycles. The summed E-state index contributed by atoms with van der Waals surface area (Å²) in [6.45, 7) is 4.72. The van der Waals surface area contributed by atoms with E-state index in [0.717, 1.165) is 37.8 Å². The van der Waals surface area contributed by atoms with Gasteiger partial charge in [-0.3, -0.25) is 0 Å². The van der Waals surface area contributed by atoms with Crippen LogP contribution in [0.3, 0.4) is 0 Å². The fourth-order valence-electron chi connectivity index (χ4n) is 4.54. The summed E-state index contributed by atoms with van der Waals surface area (Å²) in [5.74, 6) is -0.359. The third-order valence-electron chi connectivity index (χ3n) is 6.61. The first-order chi connectivity index (χ1) is 17.3. The molecule has 2 rings (SSSR count). The van der Waals surface area contributed by atoms with Gasteiger partial charge in [0.05, 0.1) is 12.1 Å². The first-order valence-electron chi connectivity index (χ1n) is 13.4. The molecular weight excluding hydrogens is 464 g/mol. The van der Waals surface area contributed by atoms with Crippen LogP contribution in [-0.4, -0.2) is 62.4 Å². The summed E-state index contributed by atoms with van der Waals surface area (Å²) in [6.07, 6.45) is 14.0. The Morgan fingerprint density at radius 3 is 1.39 bits per heavy atom. The Bertz CT molecular complexity index is 672. The zero-order valence-electron chi connectivity index (χ0n) is 21.8. The van der Waals surface area contributed by atoms with Crippen molar-refractivity contribution >= 4 is 24.0 Å². The van der Waals surface area contributed by atoms with Crippen molar-refractivity contribution in [2.45, 2.75) is 90.1 Å². The van der Waals surface area contributed by atoms with E-state index in [-0.39, 0.29) is 37.4 Å². The Hall–Kier alpha value is -2.78. The number of esters is 2. The summed E-state index contributed by atoms with van der Waals surface area (Å²) in [7, 11) is 0. The molecule has 10 heteroatoms. The molecule has 4 amide bonds. The van der Waals surface area contributed by atoms with Crippen molar-refractivity contribution < 1.29 is 28.7 Å². The van der Waals surface area contributed by atoms with Gasteiger partial charge in [-0.1, -0.05) is 38.5 Å². The van der Waals surface area contributed by atoms with Crippen molar-refractivity contribution in [2.24, 2.45) is 11.8 Å². The molecule has 0 aromatic carbocycles. The number of carbonyl (C=O) groups is 4. The van der Waals surface area contributed by atoms with Crippen LogP contribution in [0.15, 0.2) is 12.2 Å². The average molecular weight is 509 g/mol. The molecule has 0 radical (unpaired) electrons. The second kappa shape index (κ2) is 16.8. The van der Waals surface area contributed by atoms with Crippen molar-refractivity contribution in [1.29, 1.82) is 0 Å². The van der Waals surface area contributed by atoms with Crippen molar-refractivity contribution in [3.63, 3.8) is 0 Å². The van der Waals surface area contributed by atoms with Gasteiger partial charge in [-0.2, -0.15) is 0 Å². The van der Waals surface area contributed by atoms with Gasteiger partial charge in [0.2, 0.25) is 0 Å². The fourth-order valence-corrected chi connectivity index (χ4v) is 4.54. The van der Waals surface area contributed by atoms with E-state index >= 15 is 0 Å². The summed E-state index contributed by atoms with van der Waals surface area (Å²) in [5.41, 5.74) is 0. The van der Waals surface area contributed by atoms with E-state index < -0.39 is 11.9 Å². The SMILES string of the molecule is C[C@H](COC(=O)/C=C/C(=O)OC[C@@H](C)NC(=O)NCC1CCCCC1)NC(=O)NCC1CCCCC1. The Labute approximate surface area is 214 Å². The molecule has 0 aliphatic heterocycles. The highest BCUT2D eigenvalue weighted by molar-refractivity contribution is 5.91. The molecule has 0 aromatic heterocycles. The number of amides is 4. The van der Waals surface area contributed by atoms with Crippen LogP contribution < -0.4 is 21.3 Å². The van der Waals surface area contributed by atoms with Gasteiger partial charge < -0.3 is 30.7 Å². The average Bonchev–Trinajstić information content (AvgIpc) is 2.88. The molecule has 4 N–H and O–H groups in total. The number of nitrogens with one attached hydrogen (secondary N) is 4. The molecule has 204 valence electrons. The zero-order chi connectivity index (χ0) is 26.2. The molecule has 0 spiro atoms. The van der Waals surface area contributed by atoms with Gasteiger partial charge in [0.15, 0.2) is 0 Å². The van der Waals surface area contributed by atoms with Crippen molar-refractivity contribution in [3.8, 4) is 0 Å². The Balaban J connectivity index is 1.52. The highest BCUT2D eigenvalue weighted by atomic mass is 16.5. The number of ether oxygens (including phenoxy) is 2. The molecule has 0 saturated heterocycles. The predicted molar refractivity (Wildman–Crippen MR) is 136 cm³/mol. The van der Waals surface area contributed by atoms with Crippen molar-refractivity contribution in [2.75, 3.05) is 26.3 Å². The lowest BCUT2D eigenvalue weighted by atomic mass is 9.89. The molecule has 2 atom stereocenters. The number of carbonyl (C=O) groups excluding carboxylic acids is 4. The van der Waals surface area contributed by atoms with Gasteiger partial charge >= 0.3 is 24.0 Å². The minimum Gasteiger partial charge on any atom is -0.460 e. The summed E-state index contributed by atoms with van der Waals surface area (Å²) in [6, 6.07) is -1.32. The molecule has 2 saturated carbocycles. The van der Waals surface area contributed by atoms with Crippen LogP contribution in [0.5, 0.6) is 0 Å². The standard InChI is InChI=1S/C26H44N4O6/c1-19(29-25(33)27-15-21-9-5-3-6-10-21)17-35-23(31)13-14-24(32)36-18-20(2)30-26(34)28-16-22-11-7-4-8-12-22/h13-14,19-22H,3-12,15-18H2,1-2H3,(H2,27,29,33)(H2,28,30,34)/b14-13+/t19-,20-/m1/s1. The van der Waals surface area contributed by atoms with E-state index in [4.69, 9.17) is 9.47 Å². The Morgan fingerprint density at radius 2 is 1.03 bits per heavy atom. The second-order valence-corrected chi connectivity index (χ2v) is 10.1. The summed E-state index contributed by atoms with van der Waals surface area (Å²) in [5, 5.41) is 11.2. The van der Waals surface area contributed by atoms with Gasteiger partial charge in [0, 0.05) is 25.2 Å². The monoisotopic (exact) mass is 508 g/mol.